The van der Waals surface area contributed by atoms with Crippen LogP contribution in [0, 0.1) is 13.8 Å². The van der Waals surface area contributed by atoms with Gasteiger partial charge in [-0.25, -0.2) is 9.78 Å². The topological polar surface area (TPSA) is 83.9 Å². The van der Waals surface area contributed by atoms with Crippen molar-refractivity contribution in [3.05, 3.63) is 80.0 Å². The molecule has 33 heavy (non-hydrogen) atoms. The van der Waals surface area contributed by atoms with Gasteiger partial charge in [0.2, 0.25) is 0 Å². The van der Waals surface area contributed by atoms with Crippen LogP contribution in [0.25, 0.3) is 22.6 Å². The second-order valence-corrected chi connectivity index (χ2v) is 9.13. The van der Waals surface area contributed by atoms with Gasteiger partial charge in [0.15, 0.2) is 11.5 Å². The molecule has 1 aliphatic carbocycles. The Kier molecular flexibility index (Phi) is 5.81. The Labute approximate surface area is 192 Å². The van der Waals surface area contributed by atoms with Crippen LogP contribution >= 0.6 is 0 Å². The van der Waals surface area contributed by atoms with Crippen molar-refractivity contribution in [2.75, 3.05) is 6.54 Å². The maximum absolute atomic E-state index is 12.6. The fourth-order valence-corrected chi connectivity index (χ4v) is 4.98. The molecule has 2 heterocycles. The zero-order valence-electron chi connectivity index (χ0n) is 19.2. The molecule has 0 bridgehead atoms. The molecule has 7 heteroatoms. The average molecular weight is 444 g/mol. The van der Waals surface area contributed by atoms with Crippen LogP contribution in [0.4, 0.5) is 0 Å². The van der Waals surface area contributed by atoms with E-state index in [4.69, 9.17) is 0 Å². The lowest BCUT2D eigenvalue weighted by atomic mass is 10.1. The van der Waals surface area contributed by atoms with Crippen molar-refractivity contribution in [3.8, 4) is 11.5 Å². The average Bonchev–Trinajstić information content (AvgIpc) is 3.33. The van der Waals surface area contributed by atoms with Gasteiger partial charge in [-0.1, -0.05) is 43.2 Å². The van der Waals surface area contributed by atoms with Crippen molar-refractivity contribution in [2.24, 2.45) is 0 Å². The summed E-state index contributed by atoms with van der Waals surface area (Å²) in [6.45, 7) is 6.40. The second kappa shape index (κ2) is 8.90. The molecule has 3 aliphatic rings. The third-order valence-electron chi connectivity index (χ3n) is 6.90. The first kappa shape index (κ1) is 21.5. The van der Waals surface area contributed by atoms with Crippen LogP contribution in [0.2, 0.25) is 0 Å². The van der Waals surface area contributed by atoms with E-state index in [0.717, 1.165) is 35.2 Å². The molecule has 0 atom stereocenters. The van der Waals surface area contributed by atoms with E-state index in [2.05, 4.69) is 57.1 Å². The molecule has 2 aliphatic heterocycles. The zero-order chi connectivity index (χ0) is 22.9. The molecule has 1 N–H and O–H groups in total. The van der Waals surface area contributed by atoms with Gasteiger partial charge < -0.3 is 4.57 Å². The Morgan fingerprint density at radius 1 is 1.03 bits per heavy atom. The maximum atomic E-state index is 12.6. The van der Waals surface area contributed by atoms with Gasteiger partial charge in [-0.3, -0.25) is 14.7 Å². The highest BCUT2D eigenvalue weighted by Crippen LogP contribution is 2.27. The van der Waals surface area contributed by atoms with Gasteiger partial charge in [0.1, 0.15) is 0 Å². The van der Waals surface area contributed by atoms with E-state index in [1.165, 1.54) is 31.2 Å². The molecule has 170 valence electrons. The molecule has 7 nitrogen and oxygen atoms in total. The quantitative estimate of drug-likeness (QED) is 0.460. The normalized spacial score (nSPS) is 14.6. The number of hydrogen-bond acceptors (Lipinski definition) is 5. The van der Waals surface area contributed by atoms with Crippen molar-refractivity contribution in [2.45, 2.75) is 58.7 Å². The molecule has 0 aromatic heterocycles. The number of aromatic amines is 1. The molecular formula is C26H29N5O2. The maximum Gasteiger partial charge on any atom is 0.349 e. The van der Waals surface area contributed by atoms with Gasteiger partial charge in [0.25, 0.3) is 5.56 Å². The summed E-state index contributed by atoms with van der Waals surface area (Å²) < 4.78 is 2.01. The van der Waals surface area contributed by atoms with E-state index in [1.54, 1.807) is 0 Å². The molecular weight excluding hydrogens is 414 g/mol. The van der Waals surface area contributed by atoms with E-state index in [1.807, 2.05) is 23.6 Å². The summed E-state index contributed by atoms with van der Waals surface area (Å²) in [7, 11) is 0. The fraction of sp³-hybridized carbons (Fsp3) is 0.385. The van der Waals surface area contributed by atoms with Crippen molar-refractivity contribution < 1.29 is 0 Å². The Morgan fingerprint density at radius 3 is 2.52 bits per heavy atom. The number of aryl methyl sites for hydroxylation is 2. The van der Waals surface area contributed by atoms with Crippen LogP contribution in [0.5, 0.6) is 0 Å². The molecule has 2 aromatic carbocycles. The van der Waals surface area contributed by atoms with Gasteiger partial charge in [0.05, 0.1) is 11.0 Å². The van der Waals surface area contributed by atoms with E-state index < -0.39 is 11.2 Å². The molecule has 1 fully saturated rings. The largest absolute Gasteiger partial charge is 0.349 e. The third-order valence-corrected chi connectivity index (χ3v) is 6.90. The smallest absolute Gasteiger partial charge is 0.321 e. The number of hydrogen-bond donors (Lipinski definition) is 1. The Morgan fingerprint density at radius 2 is 1.76 bits per heavy atom. The molecule has 0 spiro atoms. The molecule has 5 rings (SSSR count). The molecule has 1 saturated carbocycles. The number of nitrogens with one attached hydrogen (secondary N) is 1. The Balaban J connectivity index is 1.57. The van der Waals surface area contributed by atoms with Gasteiger partial charge >= 0.3 is 5.69 Å². The number of fused-ring (bicyclic) bond motifs is 2. The van der Waals surface area contributed by atoms with Crippen molar-refractivity contribution in [1.82, 2.24) is 24.4 Å². The first-order valence-electron chi connectivity index (χ1n) is 11.7. The molecule has 0 radical (unpaired) electrons. The van der Waals surface area contributed by atoms with Crippen molar-refractivity contribution in [1.29, 1.82) is 0 Å². The third kappa shape index (κ3) is 4.33. The van der Waals surface area contributed by atoms with E-state index in [9.17, 15) is 9.59 Å². The number of benzene rings is 2. The SMILES string of the molecule is Cc1cc2nc3c(=O)[nH]c(=O)nc-3n(CCN(Cc3ccccc3)C3CCCC3)c2cc1C. The van der Waals surface area contributed by atoms with Crippen LogP contribution in [0.15, 0.2) is 52.1 Å². The Bertz CT molecular complexity index is 1370. The highest BCUT2D eigenvalue weighted by Gasteiger charge is 2.24. The number of H-pyrrole nitrogens is 1. The summed E-state index contributed by atoms with van der Waals surface area (Å²) in [4.78, 5) is 38.2. The fourth-order valence-electron chi connectivity index (χ4n) is 4.98. The van der Waals surface area contributed by atoms with Crippen LogP contribution in [0.3, 0.4) is 0 Å². The second-order valence-electron chi connectivity index (χ2n) is 9.13. The highest BCUT2D eigenvalue weighted by atomic mass is 16.2. The summed E-state index contributed by atoms with van der Waals surface area (Å²) in [5.41, 5.74) is 4.27. The zero-order valence-corrected chi connectivity index (χ0v) is 19.2. The van der Waals surface area contributed by atoms with E-state index in [0.29, 0.717) is 18.4 Å². The highest BCUT2D eigenvalue weighted by molar-refractivity contribution is 5.81. The minimum atomic E-state index is -0.636. The molecule has 0 saturated heterocycles. The van der Waals surface area contributed by atoms with E-state index in [-0.39, 0.29) is 5.69 Å². The minimum Gasteiger partial charge on any atom is -0.321 e. The summed E-state index contributed by atoms with van der Waals surface area (Å²) in [6, 6.07) is 15.2. The molecule has 0 amide bonds. The monoisotopic (exact) mass is 443 g/mol. The van der Waals surface area contributed by atoms with Crippen LogP contribution in [-0.4, -0.2) is 37.0 Å². The summed E-state index contributed by atoms with van der Waals surface area (Å²) in [5.74, 6) is 0.352. The summed E-state index contributed by atoms with van der Waals surface area (Å²) in [5, 5.41) is 0. The number of nitrogens with zero attached hydrogens (tertiary/aromatic N) is 4. The van der Waals surface area contributed by atoms with Crippen LogP contribution < -0.4 is 11.2 Å². The van der Waals surface area contributed by atoms with Gasteiger partial charge in [0, 0.05) is 25.7 Å². The lowest BCUT2D eigenvalue weighted by Gasteiger charge is -2.30. The summed E-state index contributed by atoms with van der Waals surface area (Å²) in [6.07, 6.45) is 4.94. The minimum absolute atomic E-state index is 0.209. The molecule has 2 aromatic rings. The first-order valence-corrected chi connectivity index (χ1v) is 11.7. The van der Waals surface area contributed by atoms with Crippen LogP contribution in [0.1, 0.15) is 42.4 Å². The van der Waals surface area contributed by atoms with Gasteiger partial charge in [-0.05, 0) is 55.5 Å². The van der Waals surface area contributed by atoms with Crippen molar-refractivity contribution >= 4 is 11.0 Å². The number of rotatable bonds is 6. The predicted molar refractivity (Wildman–Crippen MR) is 130 cm³/mol. The van der Waals surface area contributed by atoms with Gasteiger partial charge in [-0.2, -0.15) is 4.98 Å². The summed E-state index contributed by atoms with van der Waals surface area (Å²) >= 11 is 0. The standard InChI is InChI=1S/C26H29N5O2/c1-17-14-21-22(15-18(17)2)31(24-23(27-21)25(32)29-26(33)28-24)13-12-30(20-10-6-7-11-20)16-19-8-4-3-5-9-19/h3-5,8-9,14-15,20H,6-7,10-13,16H2,1-2H3,(H,29,32,33). The van der Waals surface area contributed by atoms with Crippen molar-refractivity contribution in [3.63, 3.8) is 0 Å². The van der Waals surface area contributed by atoms with E-state index >= 15 is 0 Å². The molecule has 0 unspecified atom stereocenters. The first-order chi connectivity index (χ1) is 16.0. The lowest BCUT2D eigenvalue weighted by molar-refractivity contribution is 0.183. The lowest BCUT2D eigenvalue weighted by Crippen LogP contribution is -2.36. The van der Waals surface area contributed by atoms with Gasteiger partial charge in [-0.15, -0.1) is 0 Å². The predicted octanol–water partition coefficient (Wildman–Crippen LogP) is 3.65. The number of aromatic nitrogens is 4. The van der Waals surface area contributed by atoms with Crippen LogP contribution in [-0.2, 0) is 13.1 Å². The Hall–Kier alpha value is -3.32.